The van der Waals surface area contributed by atoms with Crippen molar-refractivity contribution in [3.8, 4) is 11.3 Å². The Kier molecular flexibility index (Phi) is 7.90. The minimum Gasteiger partial charge on any atom is -0.464 e. The van der Waals surface area contributed by atoms with Crippen molar-refractivity contribution in [1.29, 1.82) is 0 Å². The van der Waals surface area contributed by atoms with Crippen LogP contribution in [-0.4, -0.2) is 48.6 Å². The SMILES string of the molecule is CCOC(=O)c1c(-c2ccco2)csc1NC(=O)COC(=O)c1[nH]c(C)c(C(=O)OCC)c1C. The lowest BCUT2D eigenvalue weighted by molar-refractivity contribution is -0.119. The van der Waals surface area contributed by atoms with Gasteiger partial charge in [0.05, 0.1) is 25.0 Å². The normalized spacial score (nSPS) is 10.6. The van der Waals surface area contributed by atoms with E-state index in [-0.39, 0.29) is 35.0 Å². The summed E-state index contributed by atoms with van der Waals surface area (Å²) in [5.41, 5.74) is 1.75. The second kappa shape index (κ2) is 10.8. The van der Waals surface area contributed by atoms with Crippen LogP contribution in [0, 0.1) is 13.8 Å². The molecule has 0 aliphatic rings. The molecule has 11 heteroatoms. The Morgan fingerprint density at radius 1 is 1.00 bits per heavy atom. The number of carbonyl (C=O) groups is 4. The maximum Gasteiger partial charge on any atom is 0.355 e. The van der Waals surface area contributed by atoms with Gasteiger partial charge in [-0.05, 0) is 45.4 Å². The number of hydrogen-bond acceptors (Lipinski definition) is 9. The maximum absolute atomic E-state index is 12.5. The van der Waals surface area contributed by atoms with Gasteiger partial charge in [-0.25, -0.2) is 14.4 Å². The molecular formula is C23H24N2O8S. The topological polar surface area (TPSA) is 137 Å². The highest BCUT2D eigenvalue weighted by molar-refractivity contribution is 7.15. The number of nitrogens with one attached hydrogen (secondary N) is 2. The number of hydrogen-bond donors (Lipinski definition) is 2. The van der Waals surface area contributed by atoms with Crippen molar-refractivity contribution < 1.29 is 37.8 Å². The van der Waals surface area contributed by atoms with Gasteiger partial charge in [0.25, 0.3) is 5.91 Å². The lowest BCUT2D eigenvalue weighted by Gasteiger charge is -2.08. The van der Waals surface area contributed by atoms with Crippen molar-refractivity contribution in [2.24, 2.45) is 0 Å². The van der Waals surface area contributed by atoms with Crippen LogP contribution in [0.2, 0.25) is 0 Å². The van der Waals surface area contributed by atoms with Gasteiger partial charge in [-0.2, -0.15) is 0 Å². The first-order valence-electron chi connectivity index (χ1n) is 10.4. The Labute approximate surface area is 199 Å². The highest BCUT2D eigenvalue weighted by Gasteiger charge is 2.26. The fourth-order valence-corrected chi connectivity index (χ4v) is 4.25. The molecule has 0 aliphatic carbocycles. The summed E-state index contributed by atoms with van der Waals surface area (Å²) in [7, 11) is 0. The quantitative estimate of drug-likeness (QED) is 0.339. The minimum atomic E-state index is -0.806. The van der Waals surface area contributed by atoms with E-state index in [0.29, 0.717) is 22.6 Å². The summed E-state index contributed by atoms with van der Waals surface area (Å²) in [5, 5.41) is 4.48. The van der Waals surface area contributed by atoms with Gasteiger partial charge in [0, 0.05) is 16.6 Å². The number of furan rings is 1. The molecule has 0 spiro atoms. The smallest absolute Gasteiger partial charge is 0.355 e. The van der Waals surface area contributed by atoms with Crippen LogP contribution >= 0.6 is 11.3 Å². The molecule has 180 valence electrons. The van der Waals surface area contributed by atoms with Crippen molar-refractivity contribution in [1.82, 2.24) is 4.98 Å². The summed E-state index contributed by atoms with van der Waals surface area (Å²) in [4.78, 5) is 52.4. The van der Waals surface area contributed by atoms with E-state index in [4.69, 9.17) is 18.6 Å². The molecule has 0 aromatic carbocycles. The van der Waals surface area contributed by atoms with Crippen LogP contribution in [0.4, 0.5) is 5.00 Å². The number of rotatable bonds is 9. The van der Waals surface area contributed by atoms with E-state index < -0.39 is 30.4 Å². The van der Waals surface area contributed by atoms with E-state index in [1.807, 2.05) is 0 Å². The third-order valence-corrected chi connectivity index (χ3v) is 5.66. The molecule has 0 fully saturated rings. The summed E-state index contributed by atoms with van der Waals surface area (Å²) < 4.78 is 20.6. The van der Waals surface area contributed by atoms with Crippen LogP contribution in [0.5, 0.6) is 0 Å². The molecule has 0 bridgehead atoms. The predicted octanol–water partition coefficient (Wildman–Crippen LogP) is 4.10. The van der Waals surface area contributed by atoms with E-state index in [0.717, 1.165) is 11.3 Å². The first-order valence-corrected chi connectivity index (χ1v) is 11.3. The molecule has 0 atom stereocenters. The number of thiophene rings is 1. The summed E-state index contributed by atoms with van der Waals surface area (Å²) in [5.74, 6) is -2.19. The Hall–Kier alpha value is -3.86. The Balaban J connectivity index is 1.71. The maximum atomic E-state index is 12.5. The molecule has 3 aromatic rings. The van der Waals surface area contributed by atoms with Crippen molar-refractivity contribution in [2.75, 3.05) is 25.1 Å². The summed E-state index contributed by atoms with van der Waals surface area (Å²) in [6.07, 6.45) is 1.47. The second-order valence-corrected chi connectivity index (χ2v) is 7.90. The minimum absolute atomic E-state index is 0.0526. The second-order valence-electron chi connectivity index (χ2n) is 7.02. The third-order valence-electron chi connectivity index (χ3n) is 4.77. The molecule has 1 amide bonds. The van der Waals surface area contributed by atoms with Gasteiger partial charge in [0.2, 0.25) is 0 Å². The zero-order valence-corrected chi connectivity index (χ0v) is 19.9. The number of aromatic amines is 1. The molecule has 0 radical (unpaired) electrons. The predicted molar refractivity (Wildman–Crippen MR) is 123 cm³/mol. The Morgan fingerprint density at radius 2 is 1.68 bits per heavy atom. The van der Waals surface area contributed by atoms with Crippen LogP contribution in [0.1, 0.15) is 56.3 Å². The molecule has 0 unspecified atom stereocenters. The standard InChI is InChI=1S/C23H24N2O8S/c1-5-30-21(27)17-12(3)19(24-13(17)4)23(29)33-10-16(26)25-20-18(22(28)31-6-2)14(11-34-20)15-8-7-9-32-15/h7-9,11,24H,5-6,10H2,1-4H3,(H,25,26). The summed E-state index contributed by atoms with van der Waals surface area (Å²) >= 11 is 1.11. The monoisotopic (exact) mass is 488 g/mol. The fraction of sp³-hybridized carbons (Fsp3) is 0.304. The fourth-order valence-electron chi connectivity index (χ4n) is 3.30. The number of anilines is 1. The van der Waals surface area contributed by atoms with E-state index in [9.17, 15) is 19.2 Å². The highest BCUT2D eigenvalue weighted by atomic mass is 32.1. The molecule has 3 rings (SSSR count). The first kappa shape index (κ1) is 24.8. The van der Waals surface area contributed by atoms with E-state index in [1.165, 1.54) is 6.26 Å². The van der Waals surface area contributed by atoms with Gasteiger partial charge in [-0.15, -0.1) is 11.3 Å². The molecule has 0 saturated carbocycles. The number of aryl methyl sites for hydroxylation is 1. The molecule has 2 N–H and O–H groups in total. The average Bonchev–Trinajstić information content (AvgIpc) is 3.51. The Morgan fingerprint density at radius 3 is 2.29 bits per heavy atom. The van der Waals surface area contributed by atoms with Crippen molar-refractivity contribution in [3.05, 3.63) is 51.9 Å². The number of aromatic nitrogens is 1. The highest BCUT2D eigenvalue weighted by Crippen LogP contribution is 2.36. The van der Waals surface area contributed by atoms with Crippen molar-refractivity contribution in [2.45, 2.75) is 27.7 Å². The largest absolute Gasteiger partial charge is 0.464 e. The van der Waals surface area contributed by atoms with E-state index >= 15 is 0 Å². The van der Waals surface area contributed by atoms with Crippen molar-refractivity contribution in [3.63, 3.8) is 0 Å². The lowest BCUT2D eigenvalue weighted by atomic mass is 10.1. The van der Waals surface area contributed by atoms with Gasteiger partial charge in [0.15, 0.2) is 6.61 Å². The Bertz CT molecular complexity index is 1210. The van der Waals surface area contributed by atoms with Gasteiger partial charge >= 0.3 is 17.9 Å². The summed E-state index contributed by atoms with van der Waals surface area (Å²) in [6.45, 7) is 6.31. The van der Waals surface area contributed by atoms with Gasteiger partial charge in [-0.3, -0.25) is 4.79 Å². The zero-order chi connectivity index (χ0) is 24.8. The van der Waals surface area contributed by atoms with Crippen LogP contribution in [0.15, 0.2) is 28.2 Å². The number of ether oxygens (including phenoxy) is 3. The van der Waals surface area contributed by atoms with Gasteiger partial charge in [0.1, 0.15) is 22.0 Å². The number of carbonyl (C=O) groups excluding carboxylic acids is 4. The van der Waals surface area contributed by atoms with Crippen LogP contribution in [0.25, 0.3) is 11.3 Å². The molecule has 3 aromatic heterocycles. The molecule has 0 saturated heterocycles. The van der Waals surface area contributed by atoms with E-state index in [2.05, 4.69) is 10.3 Å². The molecule has 34 heavy (non-hydrogen) atoms. The zero-order valence-electron chi connectivity index (χ0n) is 19.1. The molecule has 3 heterocycles. The molecule has 0 aliphatic heterocycles. The van der Waals surface area contributed by atoms with Gasteiger partial charge in [-0.1, -0.05) is 0 Å². The van der Waals surface area contributed by atoms with Gasteiger partial charge < -0.3 is 28.9 Å². The van der Waals surface area contributed by atoms with E-state index in [1.54, 1.807) is 45.2 Å². The lowest BCUT2D eigenvalue weighted by Crippen LogP contribution is -2.22. The summed E-state index contributed by atoms with van der Waals surface area (Å²) in [6, 6.07) is 3.36. The number of amides is 1. The average molecular weight is 489 g/mol. The van der Waals surface area contributed by atoms with Crippen LogP contribution in [-0.2, 0) is 19.0 Å². The molecular weight excluding hydrogens is 464 g/mol. The number of H-pyrrole nitrogens is 1. The number of esters is 3. The van der Waals surface area contributed by atoms with Crippen LogP contribution < -0.4 is 5.32 Å². The van der Waals surface area contributed by atoms with Crippen molar-refractivity contribution >= 4 is 40.2 Å². The third kappa shape index (κ3) is 5.20. The van der Waals surface area contributed by atoms with Crippen LogP contribution in [0.3, 0.4) is 0 Å². The molecule has 10 nitrogen and oxygen atoms in total. The first-order chi connectivity index (χ1) is 16.3.